The van der Waals surface area contributed by atoms with Crippen LogP contribution in [0.2, 0.25) is 5.02 Å². The van der Waals surface area contributed by atoms with Crippen molar-refractivity contribution in [2.24, 2.45) is 0 Å². The second kappa shape index (κ2) is 7.53. The second-order valence-electron chi connectivity index (χ2n) is 5.61. The molecule has 0 aromatic heterocycles. The molecule has 25 heavy (non-hydrogen) atoms. The van der Waals surface area contributed by atoms with Crippen molar-refractivity contribution >= 4 is 34.8 Å². The fourth-order valence-corrected chi connectivity index (χ4v) is 2.74. The topological polar surface area (TPSA) is 58.6 Å². The molecule has 5 nitrogen and oxygen atoms in total. The number of anilines is 2. The summed E-state index contributed by atoms with van der Waals surface area (Å²) in [5, 5.41) is 2.51. The van der Waals surface area contributed by atoms with E-state index in [1.54, 1.807) is 29.2 Å². The first-order valence-corrected chi connectivity index (χ1v) is 8.19. The van der Waals surface area contributed by atoms with Crippen LogP contribution in [0.4, 0.5) is 15.8 Å². The van der Waals surface area contributed by atoms with Gasteiger partial charge >= 0.3 is 0 Å². The van der Waals surface area contributed by atoms with Gasteiger partial charge in [-0.3, -0.25) is 9.59 Å². The quantitative estimate of drug-likeness (QED) is 0.883. The number of nitrogens with one attached hydrogen (secondary N) is 1. The molecule has 2 amide bonds. The Balaban J connectivity index is 1.53. The molecular weight excluding hydrogens is 347 g/mol. The van der Waals surface area contributed by atoms with E-state index in [0.29, 0.717) is 17.9 Å². The molecule has 0 bridgehead atoms. The number of carbonyl (C=O) groups excluding carboxylic acids is 2. The Morgan fingerprint density at radius 2 is 2.00 bits per heavy atom. The maximum absolute atomic E-state index is 13.1. The van der Waals surface area contributed by atoms with Gasteiger partial charge in [-0.25, -0.2) is 4.39 Å². The van der Waals surface area contributed by atoms with Crippen molar-refractivity contribution in [2.45, 2.75) is 12.8 Å². The molecule has 0 saturated carbocycles. The monoisotopic (exact) mass is 362 g/mol. The van der Waals surface area contributed by atoms with E-state index in [4.69, 9.17) is 16.3 Å². The SMILES string of the molecule is O=C(COc1ccc(N2CCCC2=O)cc1)Nc1ccc(F)c(Cl)c1. The summed E-state index contributed by atoms with van der Waals surface area (Å²) < 4.78 is 18.5. The highest BCUT2D eigenvalue weighted by atomic mass is 35.5. The summed E-state index contributed by atoms with van der Waals surface area (Å²) in [6.45, 7) is 0.526. The highest BCUT2D eigenvalue weighted by molar-refractivity contribution is 6.31. The first-order chi connectivity index (χ1) is 12.0. The second-order valence-corrected chi connectivity index (χ2v) is 6.02. The van der Waals surface area contributed by atoms with Gasteiger partial charge in [-0.15, -0.1) is 0 Å². The van der Waals surface area contributed by atoms with Crippen LogP contribution in [-0.4, -0.2) is 25.0 Å². The molecule has 1 fully saturated rings. The van der Waals surface area contributed by atoms with Gasteiger partial charge in [-0.05, 0) is 48.9 Å². The summed E-state index contributed by atoms with van der Waals surface area (Å²) >= 11 is 5.66. The molecule has 1 aliphatic heterocycles. The number of halogens is 2. The van der Waals surface area contributed by atoms with Crippen molar-refractivity contribution < 1.29 is 18.7 Å². The smallest absolute Gasteiger partial charge is 0.262 e. The van der Waals surface area contributed by atoms with Gasteiger partial charge in [-0.2, -0.15) is 0 Å². The van der Waals surface area contributed by atoms with Crippen LogP contribution in [0.15, 0.2) is 42.5 Å². The molecule has 0 radical (unpaired) electrons. The van der Waals surface area contributed by atoms with Gasteiger partial charge in [0.15, 0.2) is 6.61 Å². The van der Waals surface area contributed by atoms with Gasteiger partial charge in [0.25, 0.3) is 5.91 Å². The third-order valence-corrected chi connectivity index (χ3v) is 4.08. The minimum atomic E-state index is -0.549. The Morgan fingerprint density at radius 3 is 2.64 bits per heavy atom. The number of carbonyl (C=O) groups is 2. The van der Waals surface area contributed by atoms with Gasteiger partial charge in [0, 0.05) is 24.3 Å². The number of nitrogens with zero attached hydrogens (tertiary/aromatic N) is 1. The van der Waals surface area contributed by atoms with Gasteiger partial charge < -0.3 is 15.0 Å². The summed E-state index contributed by atoms with van der Waals surface area (Å²) in [6.07, 6.45) is 1.44. The van der Waals surface area contributed by atoms with Crippen molar-refractivity contribution in [1.82, 2.24) is 0 Å². The molecule has 0 atom stereocenters. The average molecular weight is 363 g/mol. The fourth-order valence-electron chi connectivity index (χ4n) is 2.56. The van der Waals surface area contributed by atoms with Crippen molar-refractivity contribution in [3.63, 3.8) is 0 Å². The van der Waals surface area contributed by atoms with Crippen molar-refractivity contribution in [3.8, 4) is 5.75 Å². The van der Waals surface area contributed by atoms with Gasteiger partial charge in [-0.1, -0.05) is 11.6 Å². The van der Waals surface area contributed by atoms with Crippen LogP contribution in [0.25, 0.3) is 0 Å². The standard InChI is InChI=1S/C18H16ClFN2O3/c19-15-10-12(3-8-16(15)20)21-17(23)11-25-14-6-4-13(5-7-14)22-9-1-2-18(22)24/h3-8,10H,1-2,9,11H2,(H,21,23). The Labute approximate surface area is 149 Å². The number of hydrogen-bond donors (Lipinski definition) is 1. The van der Waals surface area contributed by atoms with E-state index in [0.717, 1.165) is 18.7 Å². The number of amides is 2. The third-order valence-electron chi connectivity index (χ3n) is 3.80. The lowest BCUT2D eigenvalue weighted by Crippen LogP contribution is -2.23. The van der Waals surface area contributed by atoms with Crippen LogP contribution in [0.5, 0.6) is 5.75 Å². The summed E-state index contributed by atoms with van der Waals surface area (Å²) in [4.78, 5) is 25.3. The maximum atomic E-state index is 13.1. The largest absolute Gasteiger partial charge is 0.484 e. The Hall–Kier alpha value is -2.60. The molecule has 130 valence electrons. The highest BCUT2D eigenvalue weighted by Gasteiger charge is 2.21. The Kier molecular flexibility index (Phi) is 5.19. The van der Waals surface area contributed by atoms with E-state index in [1.165, 1.54) is 18.2 Å². The highest BCUT2D eigenvalue weighted by Crippen LogP contribution is 2.24. The minimum absolute atomic E-state index is 0.0641. The average Bonchev–Trinajstić information content (AvgIpc) is 3.03. The molecule has 2 aromatic carbocycles. The van der Waals surface area contributed by atoms with Gasteiger partial charge in [0.2, 0.25) is 5.91 Å². The van der Waals surface area contributed by atoms with Crippen molar-refractivity contribution in [2.75, 3.05) is 23.4 Å². The molecule has 7 heteroatoms. The molecule has 0 aliphatic carbocycles. The van der Waals surface area contributed by atoms with E-state index < -0.39 is 5.82 Å². The first kappa shape index (κ1) is 17.2. The number of ether oxygens (including phenoxy) is 1. The van der Waals surface area contributed by atoms with Gasteiger partial charge in [0.05, 0.1) is 5.02 Å². The molecule has 0 unspecified atom stereocenters. The molecule has 1 heterocycles. The fraction of sp³-hybridized carbons (Fsp3) is 0.222. The normalized spacial score (nSPS) is 13.8. The van der Waals surface area contributed by atoms with E-state index >= 15 is 0 Å². The van der Waals surface area contributed by atoms with Crippen LogP contribution in [0.3, 0.4) is 0 Å². The lowest BCUT2D eigenvalue weighted by Gasteiger charge is -2.16. The minimum Gasteiger partial charge on any atom is -0.484 e. The predicted octanol–water partition coefficient (Wildman–Crippen LogP) is 3.62. The molecule has 1 saturated heterocycles. The van der Waals surface area contributed by atoms with Gasteiger partial charge in [0.1, 0.15) is 11.6 Å². The van der Waals surface area contributed by atoms with Crippen LogP contribution in [0.1, 0.15) is 12.8 Å². The zero-order chi connectivity index (χ0) is 17.8. The molecule has 3 rings (SSSR count). The zero-order valence-corrected chi connectivity index (χ0v) is 14.1. The first-order valence-electron chi connectivity index (χ1n) is 7.81. The van der Waals surface area contributed by atoms with E-state index in [9.17, 15) is 14.0 Å². The molecule has 1 aliphatic rings. The number of hydrogen-bond acceptors (Lipinski definition) is 3. The zero-order valence-electron chi connectivity index (χ0n) is 13.3. The van der Waals surface area contributed by atoms with Crippen LogP contribution < -0.4 is 15.0 Å². The van der Waals surface area contributed by atoms with Crippen molar-refractivity contribution in [1.29, 1.82) is 0 Å². The third kappa shape index (κ3) is 4.28. The lowest BCUT2D eigenvalue weighted by molar-refractivity contribution is -0.118. The maximum Gasteiger partial charge on any atom is 0.262 e. The van der Waals surface area contributed by atoms with E-state index in [-0.39, 0.29) is 23.4 Å². The predicted molar refractivity (Wildman–Crippen MR) is 93.6 cm³/mol. The van der Waals surface area contributed by atoms with E-state index in [1.807, 2.05) is 0 Å². The molecule has 1 N–H and O–H groups in total. The summed E-state index contributed by atoms with van der Waals surface area (Å²) in [5.74, 6) is -0.303. The Morgan fingerprint density at radius 1 is 1.24 bits per heavy atom. The number of rotatable bonds is 5. The Bertz CT molecular complexity index is 795. The van der Waals surface area contributed by atoms with E-state index in [2.05, 4.69) is 5.32 Å². The van der Waals surface area contributed by atoms with Crippen LogP contribution in [0, 0.1) is 5.82 Å². The molecular formula is C18H16ClFN2O3. The lowest BCUT2D eigenvalue weighted by atomic mass is 10.3. The summed E-state index contributed by atoms with van der Waals surface area (Å²) in [6, 6.07) is 10.9. The van der Waals surface area contributed by atoms with Crippen LogP contribution in [-0.2, 0) is 9.59 Å². The number of benzene rings is 2. The van der Waals surface area contributed by atoms with Crippen LogP contribution >= 0.6 is 11.6 Å². The summed E-state index contributed by atoms with van der Waals surface area (Å²) in [5.41, 5.74) is 1.21. The molecule has 2 aromatic rings. The summed E-state index contributed by atoms with van der Waals surface area (Å²) in [7, 11) is 0. The molecule has 0 spiro atoms. The van der Waals surface area contributed by atoms with Crippen molar-refractivity contribution in [3.05, 3.63) is 53.3 Å².